The van der Waals surface area contributed by atoms with E-state index in [1.807, 2.05) is 18.2 Å². The Hall–Kier alpha value is -2.01. The number of aromatic amines is 1. The van der Waals surface area contributed by atoms with Crippen molar-refractivity contribution in [1.29, 1.82) is 0 Å². The van der Waals surface area contributed by atoms with Crippen molar-refractivity contribution in [3.63, 3.8) is 0 Å². The van der Waals surface area contributed by atoms with Gasteiger partial charge in [-0.05, 0) is 52.1 Å². The van der Waals surface area contributed by atoms with E-state index < -0.39 is 0 Å². The van der Waals surface area contributed by atoms with Gasteiger partial charge in [-0.2, -0.15) is 0 Å². The number of H-pyrrole nitrogens is 1. The Kier molecular flexibility index (Phi) is 4.85. The Morgan fingerprint density at radius 3 is 2.90 bits per heavy atom. The maximum atomic E-state index is 12.2. The highest BCUT2D eigenvalue weighted by molar-refractivity contribution is 6.07. The summed E-state index contributed by atoms with van der Waals surface area (Å²) in [6.45, 7) is 5.98. The van der Waals surface area contributed by atoms with Crippen molar-refractivity contribution in [2.45, 2.75) is 26.3 Å². The van der Waals surface area contributed by atoms with Crippen molar-refractivity contribution >= 4 is 22.5 Å². The van der Waals surface area contributed by atoms with Gasteiger partial charge in [-0.3, -0.25) is 4.79 Å². The normalized spacial score (nSPS) is 11.5. The molecule has 0 fully saturated rings. The number of fused-ring (bicyclic) bond motifs is 1. The molecule has 0 bridgehead atoms. The molecule has 0 aliphatic heterocycles. The van der Waals surface area contributed by atoms with E-state index in [1.54, 1.807) is 6.20 Å². The van der Waals surface area contributed by atoms with Crippen molar-refractivity contribution in [1.82, 2.24) is 15.2 Å². The van der Waals surface area contributed by atoms with Gasteiger partial charge in [-0.1, -0.05) is 0 Å². The second kappa shape index (κ2) is 6.63. The highest BCUT2D eigenvalue weighted by atomic mass is 16.1. The smallest absolute Gasteiger partial charge is 0.253 e. The molecule has 114 valence electrons. The number of aromatic nitrogens is 1. The summed E-state index contributed by atoms with van der Waals surface area (Å²) >= 11 is 0. The third kappa shape index (κ3) is 3.76. The number of nitrogen functional groups attached to an aromatic ring is 1. The molecule has 0 atom stereocenters. The molecule has 0 saturated heterocycles. The maximum Gasteiger partial charge on any atom is 0.253 e. The molecule has 5 heteroatoms. The van der Waals surface area contributed by atoms with Gasteiger partial charge in [0.25, 0.3) is 5.91 Å². The van der Waals surface area contributed by atoms with Crippen LogP contribution in [0, 0.1) is 0 Å². The van der Waals surface area contributed by atoms with Crippen LogP contribution in [0.5, 0.6) is 0 Å². The van der Waals surface area contributed by atoms with E-state index in [4.69, 9.17) is 5.73 Å². The molecule has 0 spiro atoms. The van der Waals surface area contributed by atoms with Gasteiger partial charge in [0.2, 0.25) is 0 Å². The molecule has 0 aliphatic rings. The zero-order valence-electron chi connectivity index (χ0n) is 12.9. The van der Waals surface area contributed by atoms with E-state index in [0.29, 0.717) is 23.8 Å². The molecule has 0 saturated carbocycles. The lowest BCUT2D eigenvalue weighted by Gasteiger charge is -2.20. The number of carbonyl (C=O) groups excluding carboxylic acids is 1. The number of nitrogens with one attached hydrogen (secondary N) is 2. The van der Waals surface area contributed by atoms with Gasteiger partial charge in [0, 0.05) is 35.4 Å². The number of anilines is 1. The molecular formula is C16H24N4O. The largest absolute Gasteiger partial charge is 0.399 e. The van der Waals surface area contributed by atoms with E-state index >= 15 is 0 Å². The van der Waals surface area contributed by atoms with E-state index in [2.05, 4.69) is 36.1 Å². The number of carbonyl (C=O) groups is 1. The number of nitrogens with zero attached hydrogens (tertiary/aromatic N) is 1. The first-order chi connectivity index (χ1) is 9.99. The summed E-state index contributed by atoms with van der Waals surface area (Å²) in [5.74, 6) is -0.0433. The van der Waals surface area contributed by atoms with Crippen LogP contribution >= 0.6 is 0 Å². The van der Waals surface area contributed by atoms with Gasteiger partial charge in [0.15, 0.2) is 0 Å². The van der Waals surface area contributed by atoms with Crippen LogP contribution in [-0.2, 0) is 0 Å². The minimum Gasteiger partial charge on any atom is -0.399 e. The Balaban J connectivity index is 1.91. The third-order valence-electron chi connectivity index (χ3n) is 3.81. The average molecular weight is 288 g/mol. The van der Waals surface area contributed by atoms with Gasteiger partial charge in [-0.25, -0.2) is 0 Å². The first-order valence-corrected chi connectivity index (χ1v) is 7.34. The highest BCUT2D eigenvalue weighted by Crippen LogP contribution is 2.20. The van der Waals surface area contributed by atoms with Crippen LogP contribution in [0.2, 0.25) is 0 Å². The zero-order chi connectivity index (χ0) is 15.4. The highest BCUT2D eigenvalue weighted by Gasteiger charge is 2.11. The lowest BCUT2D eigenvalue weighted by Crippen LogP contribution is -2.31. The molecule has 2 aromatic rings. The van der Waals surface area contributed by atoms with Crippen molar-refractivity contribution < 1.29 is 4.79 Å². The lowest BCUT2D eigenvalue weighted by atomic mass is 10.1. The molecule has 1 heterocycles. The van der Waals surface area contributed by atoms with Gasteiger partial charge in [-0.15, -0.1) is 0 Å². The fraction of sp³-hybridized carbons (Fsp3) is 0.438. The van der Waals surface area contributed by atoms with Crippen molar-refractivity contribution in [2.24, 2.45) is 0 Å². The molecule has 2 rings (SSSR count). The number of rotatable bonds is 6. The molecule has 1 aromatic heterocycles. The van der Waals surface area contributed by atoms with Crippen molar-refractivity contribution in [2.75, 3.05) is 25.9 Å². The molecule has 4 N–H and O–H groups in total. The molecule has 1 amide bonds. The molecule has 5 nitrogen and oxygen atoms in total. The second-order valence-corrected chi connectivity index (χ2v) is 5.69. The molecule has 21 heavy (non-hydrogen) atoms. The minimum atomic E-state index is -0.0433. The molecule has 0 unspecified atom stereocenters. The zero-order valence-corrected chi connectivity index (χ0v) is 12.9. The van der Waals surface area contributed by atoms with Crippen LogP contribution in [0.25, 0.3) is 10.9 Å². The number of hydrogen-bond acceptors (Lipinski definition) is 3. The average Bonchev–Trinajstić information content (AvgIpc) is 2.85. The Bertz CT molecular complexity index is 618. The summed E-state index contributed by atoms with van der Waals surface area (Å²) in [5.41, 5.74) is 7.98. The number of amides is 1. The minimum absolute atomic E-state index is 0.0433. The molecule has 1 aromatic carbocycles. The van der Waals surface area contributed by atoms with E-state index in [-0.39, 0.29) is 5.91 Å². The topological polar surface area (TPSA) is 74.2 Å². The SMILES string of the molecule is CC(C)N(C)CCCNC(=O)c1c[nH]c2cc(N)ccc12. The van der Waals surface area contributed by atoms with Gasteiger partial charge in [0.05, 0.1) is 5.56 Å². The van der Waals surface area contributed by atoms with Crippen molar-refractivity contribution in [3.8, 4) is 0 Å². The molecule has 0 radical (unpaired) electrons. The van der Waals surface area contributed by atoms with Crippen LogP contribution in [0.1, 0.15) is 30.6 Å². The van der Waals surface area contributed by atoms with Crippen LogP contribution in [0.3, 0.4) is 0 Å². The Morgan fingerprint density at radius 1 is 1.43 bits per heavy atom. The molecular weight excluding hydrogens is 264 g/mol. The van der Waals surface area contributed by atoms with E-state index in [0.717, 1.165) is 23.9 Å². The lowest BCUT2D eigenvalue weighted by molar-refractivity contribution is 0.0953. The predicted octanol–water partition coefficient (Wildman–Crippen LogP) is 2.21. The molecule has 0 aliphatic carbocycles. The Morgan fingerprint density at radius 2 is 2.19 bits per heavy atom. The number of hydrogen-bond donors (Lipinski definition) is 3. The van der Waals surface area contributed by atoms with E-state index in [1.165, 1.54) is 0 Å². The summed E-state index contributed by atoms with van der Waals surface area (Å²) in [6, 6.07) is 6.05. The summed E-state index contributed by atoms with van der Waals surface area (Å²) in [4.78, 5) is 17.6. The number of benzene rings is 1. The van der Waals surface area contributed by atoms with Crippen LogP contribution < -0.4 is 11.1 Å². The summed E-state index contributed by atoms with van der Waals surface area (Å²) in [7, 11) is 2.09. The summed E-state index contributed by atoms with van der Waals surface area (Å²) in [5, 5.41) is 3.87. The fourth-order valence-corrected chi connectivity index (χ4v) is 2.22. The van der Waals surface area contributed by atoms with Crippen LogP contribution in [0.4, 0.5) is 5.69 Å². The quantitative estimate of drug-likeness (QED) is 0.563. The van der Waals surface area contributed by atoms with Gasteiger partial charge >= 0.3 is 0 Å². The predicted molar refractivity (Wildman–Crippen MR) is 87.4 cm³/mol. The fourth-order valence-electron chi connectivity index (χ4n) is 2.22. The first kappa shape index (κ1) is 15.4. The van der Waals surface area contributed by atoms with Gasteiger partial charge < -0.3 is 20.9 Å². The summed E-state index contributed by atoms with van der Waals surface area (Å²) < 4.78 is 0. The van der Waals surface area contributed by atoms with Crippen LogP contribution in [-0.4, -0.2) is 42.0 Å². The first-order valence-electron chi connectivity index (χ1n) is 7.34. The summed E-state index contributed by atoms with van der Waals surface area (Å²) in [6.07, 6.45) is 2.68. The van der Waals surface area contributed by atoms with Crippen LogP contribution in [0.15, 0.2) is 24.4 Å². The second-order valence-electron chi connectivity index (χ2n) is 5.69. The number of nitrogens with two attached hydrogens (primary N) is 1. The van der Waals surface area contributed by atoms with Gasteiger partial charge in [0.1, 0.15) is 0 Å². The van der Waals surface area contributed by atoms with Crippen molar-refractivity contribution in [3.05, 3.63) is 30.0 Å². The third-order valence-corrected chi connectivity index (χ3v) is 3.81. The standard InChI is InChI=1S/C16H24N4O/c1-11(2)20(3)8-4-7-18-16(21)14-10-19-15-9-12(17)5-6-13(14)15/h5-6,9-11,19H,4,7-8,17H2,1-3H3,(H,18,21). The Labute approximate surface area is 125 Å². The van der Waals surface area contributed by atoms with E-state index in [9.17, 15) is 4.79 Å². The maximum absolute atomic E-state index is 12.2. The monoisotopic (exact) mass is 288 g/mol.